The number of anilines is 1. The van der Waals surface area contributed by atoms with Crippen LogP contribution in [0.25, 0.3) is 0 Å². The van der Waals surface area contributed by atoms with Crippen molar-refractivity contribution in [1.29, 1.82) is 0 Å². The average Bonchev–Trinajstić information content (AvgIpc) is 2.82. The molecule has 0 radical (unpaired) electrons. The molecule has 0 aromatic heterocycles. The van der Waals surface area contributed by atoms with Crippen LogP contribution in [0.15, 0.2) is 48.5 Å². The van der Waals surface area contributed by atoms with Crippen LogP contribution in [0, 0.1) is 0 Å². The largest absolute Gasteiger partial charge is 0.497 e. The minimum atomic E-state index is -3.80. The van der Waals surface area contributed by atoms with Gasteiger partial charge in [0.2, 0.25) is 21.8 Å². The number of hydrogen-bond donors (Lipinski definition) is 1. The first-order valence-corrected chi connectivity index (χ1v) is 13.7. The summed E-state index contributed by atoms with van der Waals surface area (Å²) in [6.07, 6.45) is 2.14. The van der Waals surface area contributed by atoms with Crippen LogP contribution in [-0.2, 0) is 26.2 Å². The maximum absolute atomic E-state index is 13.6. The molecule has 0 aliphatic carbocycles. The molecule has 8 nitrogen and oxygen atoms in total. The summed E-state index contributed by atoms with van der Waals surface area (Å²) in [7, 11) is -2.25. The van der Waals surface area contributed by atoms with Gasteiger partial charge in [0.05, 0.1) is 19.1 Å². The number of halogens is 1. The molecule has 2 aromatic rings. The van der Waals surface area contributed by atoms with Crippen molar-refractivity contribution in [1.82, 2.24) is 10.2 Å². The van der Waals surface area contributed by atoms with Gasteiger partial charge in [0.25, 0.3) is 0 Å². The second-order valence-corrected chi connectivity index (χ2v) is 10.7. The zero-order chi connectivity index (χ0) is 26.2. The summed E-state index contributed by atoms with van der Waals surface area (Å²) >= 11 is 5.95. The van der Waals surface area contributed by atoms with Crippen LogP contribution >= 0.6 is 11.6 Å². The third-order valence-electron chi connectivity index (χ3n) is 5.67. The Kier molecular flexibility index (Phi) is 10.4. The van der Waals surface area contributed by atoms with E-state index in [-0.39, 0.29) is 18.5 Å². The lowest BCUT2D eigenvalue weighted by Gasteiger charge is -2.33. The number of sulfonamides is 1. The molecule has 0 unspecified atom stereocenters. The van der Waals surface area contributed by atoms with Crippen molar-refractivity contribution in [2.24, 2.45) is 0 Å². The molecular weight excluding hydrogens is 490 g/mol. The standard InChI is InChI=1S/C25H34ClN3O5S/c1-6-18(3)27-25(31)23(7-2)28(16-19-9-8-10-22(15-19)34-4)24(30)17-29(35(5,32)33)21-13-11-20(26)12-14-21/h8-15,18,23H,6-7,16-17H2,1-5H3,(H,27,31)/t18-,23+/m0/s1. The minimum Gasteiger partial charge on any atom is -0.497 e. The van der Waals surface area contributed by atoms with E-state index in [1.165, 1.54) is 17.0 Å². The van der Waals surface area contributed by atoms with Crippen LogP contribution in [0.4, 0.5) is 5.69 Å². The molecule has 1 N–H and O–H groups in total. The Bertz CT molecular complexity index is 1110. The van der Waals surface area contributed by atoms with Crippen LogP contribution in [0.2, 0.25) is 5.02 Å². The minimum absolute atomic E-state index is 0.0630. The van der Waals surface area contributed by atoms with E-state index in [9.17, 15) is 18.0 Å². The van der Waals surface area contributed by atoms with E-state index in [4.69, 9.17) is 16.3 Å². The number of rotatable bonds is 12. The molecule has 0 heterocycles. The molecule has 2 aromatic carbocycles. The van der Waals surface area contributed by atoms with Crippen molar-refractivity contribution in [3.05, 3.63) is 59.1 Å². The van der Waals surface area contributed by atoms with Crippen LogP contribution in [-0.4, -0.2) is 57.1 Å². The van der Waals surface area contributed by atoms with E-state index in [1.807, 2.05) is 26.8 Å². The molecule has 0 saturated heterocycles. The number of methoxy groups -OCH3 is 1. The Hall–Kier alpha value is -2.78. The van der Waals surface area contributed by atoms with Gasteiger partial charge in [0.15, 0.2) is 0 Å². The molecule has 0 aliphatic heterocycles. The summed E-state index contributed by atoms with van der Waals surface area (Å²) < 4.78 is 31.5. The molecule has 2 amide bonds. The van der Waals surface area contributed by atoms with Crippen molar-refractivity contribution >= 4 is 39.1 Å². The lowest BCUT2D eigenvalue weighted by Crippen LogP contribution is -2.53. The molecular formula is C25H34ClN3O5S. The molecule has 2 rings (SSSR count). The summed E-state index contributed by atoms with van der Waals surface area (Å²) in [5.74, 6) is -0.166. The van der Waals surface area contributed by atoms with E-state index < -0.39 is 28.5 Å². The van der Waals surface area contributed by atoms with Crippen molar-refractivity contribution < 1.29 is 22.7 Å². The molecule has 0 bridgehead atoms. The maximum atomic E-state index is 13.6. The molecule has 35 heavy (non-hydrogen) atoms. The molecule has 0 spiro atoms. The van der Waals surface area contributed by atoms with Crippen LogP contribution in [0.3, 0.4) is 0 Å². The second-order valence-electron chi connectivity index (χ2n) is 8.36. The molecule has 0 fully saturated rings. The SMILES string of the molecule is CC[C@H](C(=O)N[C@@H](C)CC)N(Cc1cccc(OC)c1)C(=O)CN(c1ccc(Cl)cc1)S(C)(=O)=O. The van der Waals surface area contributed by atoms with Gasteiger partial charge in [0, 0.05) is 17.6 Å². The number of amides is 2. The van der Waals surface area contributed by atoms with E-state index in [0.717, 1.165) is 22.5 Å². The Morgan fingerprint density at radius 3 is 2.29 bits per heavy atom. The fourth-order valence-corrected chi connectivity index (χ4v) is 4.52. The number of nitrogens with one attached hydrogen (secondary N) is 1. The zero-order valence-corrected chi connectivity index (χ0v) is 22.4. The quantitative estimate of drug-likeness (QED) is 0.456. The van der Waals surface area contributed by atoms with Crippen molar-refractivity contribution in [3.8, 4) is 5.75 Å². The first-order valence-electron chi connectivity index (χ1n) is 11.5. The van der Waals surface area contributed by atoms with Gasteiger partial charge in [-0.15, -0.1) is 0 Å². The highest BCUT2D eigenvalue weighted by atomic mass is 35.5. The summed E-state index contributed by atoms with van der Waals surface area (Å²) in [6.45, 7) is 5.32. The first-order chi connectivity index (χ1) is 16.5. The van der Waals surface area contributed by atoms with Crippen LogP contribution < -0.4 is 14.4 Å². The Labute approximate surface area is 213 Å². The first kappa shape index (κ1) is 28.5. The molecule has 2 atom stereocenters. The molecule has 10 heteroatoms. The smallest absolute Gasteiger partial charge is 0.244 e. The van der Waals surface area contributed by atoms with E-state index in [2.05, 4.69) is 5.32 Å². The van der Waals surface area contributed by atoms with Gasteiger partial charge in [0.1, 0.15) is 18.3 Å². The lowest BCUT2D eigenvalue weighted by molar-refractivity contribution is -0.140. The zero-order valence-electron chi connectivity index (χ0n) is 20.8. The molecule has 0 aliphatic rings. The number of ether oxygens (including phenoxy) is 1. The fourth-order valence-electron chi connectivity index (χ4n) is 3.55. The van der Waals surface area contributed by atoms with Gasteiger partial charge >= 0.3 is 0 Å². The number of carbonyl (C=O) groups excluding carboxylic acids is 2. The number of hydrogen-bond acceptors (Lipinski definition) is 5. The number of benzene rings is 2. The van der Waals surface area contributed by atoms with Crippen molar-refractivity contribution in [2.75, 3.05) is 24.2 Å². The van der Waals surface area contributed by atoms with Gasteiger partial charge < -0.3 is 15.0 Å². The van der Waals surface area contributed by atoms with Gasteiger partial charge in [-0.2, -0.15) is 0 Å². The monoisotopic (exact) mass is 523 g/mol. The van der Waals surface area contributed by atoms with E-state index in [1.54, 1.807) is 37.4 Å². The Morgan fingerprint density at radius 2 is 1.74 bits per heavy atom. The summed E-state index contributed by atoms with van der Waals surface area (Å²) in [5.41, 5.74) is 1.06. The predicted octanol–water partition coefficient (Wildman–Crippen LogP) is 3.84. The fraction of sp³-hybridized carbons (Fsp3) is 0.440. The Balaban J connectivity index is 2.44. The van der Waals surface area contributed by atoms with Crippen LogP contribution in [0.1, 0.15) is 39.2 Å². The topological polar surface area (TPSA) is 96.0 Å². The summed E-state index contributed by atoms with van der Waals surface area (Å²) in [5, 5.41) is 3.39. The van der Waals surface area contributed by atoms with Crippen molar-refractivity contribution in [2.45, 2.75) is 52.2 Å². The molecule has 0 saturated carbocycles. The third-order valence-corrected chi connectivity index (χ3v) is 7.06. The van der Waals surface area contributed by atoms with E-state index >= 15 is 0 Å². The van der Waals surface area contributed by atoms with Gasteiger partial charge in [-0.25, -0.2) is 8.42 Å². The average molecular weight is 524 g/mol. The number of carbonyl (C=O) groups is 2. The summed E-state index contributed by atoms with van der Waals surface area (Å²) in [6, 6.07) is 12.5. The highest BCUT2D eigenvalue weighted by molar-refractivity contribution is 7.92. The van der Waals surface area contributed by atoms with Crippen LogP contribution in [0.5, 0.6) is 5.75 Å². The van der Waals surface area contributed by atoms with Gasteiger partial charge in [-0.1, -0.05) is 37.6 Å². The van der Waals surface area contributed by atoms with E-state index in [0.29, 0.717) is 22.9 Å². The highest BCUT2D eigenvalue weighted by Crippen LogP contribution is 2.22. The normalized spacial score (nSPS) is 13.0. The number of nitrogens with zero attached hydrogens (tertiary/aromatic N) is 2. The van der Waals surface area contributed by atoms with Gasteiger partial charge in [-0.05, 0) is 61.7 Å². The second kappa shape index (κ2) is 12.8. The van der Waals surface area contributed by atoms with Gasteiger partial charge in [-0.3, -0.25) is 13.9 Å². The van der Waals surface area contributed by atoms with Crippen molar-refractivity contribution in [3.63, 3.8) is 0 Å². The maximum Gasteiger partial charge on any atom is 0.244 e. The molecule has 192 valence electrons. The summed E-state index contributed by atoms with van der Waals surface area (Å²) in [4.78, 5) is 28.2. The highest BCUT2D eigenvalue weighted by Gasteiger charge is 2.32. The lowest BCUT2D eigenvalue weighted by atomic mass is 10.1. The third kappa shape index (κ3) is 8.14. The Morgan fingerprint density at radius 1 is 1.09 bits per heavy atom. The predicted molar refractivity (Wildman–Crippen MR) is 139 cm³/mol.